The highest BCUT2D eigenvalue weighted by molar-refractivity contribution is 9.10. The van der Waals surface area contributed by atoms with Crippen LogP contribution in [-0.4, -0.2) is 6.29 Å². The van der Waals surface area contributed by atoms with E-state index in [0.717, 1.165) is 12.1 Å². The molecule has 0 aliphatic carbocycles. The van der Waals surface area contributed by atoms with Crippen LogP contribution in [0.5, 0.6) is 0 Å². The summed E-state index contributed by atoms with van der Waals surface area (Å²) in [6, 6.07) is 7.93. The van der Waals surface area contributed by atoms with E-state index in [2.05, 4.69) is 15.9 Å². The molecule has 0 heterocycles. The van der Waals surface area contributed by atoms with E-state index < -0.39 is 51.4 Å². The molecular formula is C23H11BrF12O. The molecular weight excluding hydrogens is 600 g/mol. The summed E-state index contributed by atoms with van der Waals surface area (Å²) < 4.78 is 149. The van der Waals surface area contributed by atoms with E-state index in [1.165, 1.54) is 24.3 Å². The first-order chi connectivity index (χ1) is 16.7. The van der Waals surface area contributed by atoms with E-state index in [9.17, 15) is 57.5 Å². The third-order valence-corrected chi connectivity index (χ3v) is 5.30. The molecule has 0 unspecified atom stereocenters. The third-order valence-electron chi connectivity index (χ3n) is 4.61. The third kappa shape index (κ3) is 7.98. The summed E-state index contributed by atoms with van der Waals surface area (Å²) in [5.74, 6) is 0. The first-order valence-electron chi connectivity index (χ1n) is 9.53. The largest absolute Gasteiger partial charge is 0.417 e. The Morgan fingerprint density at radius 1 is 0.541 bits per heavy atom. The Morgan fingerprint density at radius 2 is 0.973 bits per heavy atom. The first kappa shape index (κ1) is 30.2. The number of hydrogen-bond acceptors (Lipinski definition) is 1. The van der Waals surface area contributed by atoms with Gasteiger partial charge in [-0.3, -0.25) is 4.79 Å². The van der Waals surface area contributed by atoms with Gasteiger partial charge in [-0.25, -0.2) is 0 Å². The number of hydrogen-bond donors (Lipinski definition) is 0. The second kappa shape index (κ2) is 10.8. The van der Waals surface area contributed by atoms with Crippen LogP contribution in [0.2, 0.25) is 0 Å². The van der Waals surface area contributed by atoms with Crippen LogP contribution < -0.4 is 0 Å². The molecule has 0 saturated heterocycles. The van der Waals surface area contributed by atoms with Gasteiger partial charge in [0.2, 0.25) is 0 Å². The predicted molar refractivity (Wildman–Crippen MR) is 111 cm³/mol. The van der Waals surface area contributed by atoms with Crippen molar-refractivity contribution in [1.29, 1.82) is 0 Å². The SMILES string of the molecule is FC(F)(F)c1ccc(Br)c(C(F)(F)F)c1.O=Cc1ccc(-c2ccc(C(F)(F)F)cc2C(F)(F)F)cc1. The molecule has 14 heteroatoms. The van der Waals surface area contributed by atoms with Crippen LogP contribution in [0.4, 0.5) is 52.7 Å². The van der Waals surface area contributed by atoms with Crippen molar-refractivity contribution in [3.05, 3.63) is 93.0 Å². The molecule has 0 N–H and O–H groups in total. The maximum absolute atomic E-state index is 13.0. The fourth-order valence-electron chi connectivity index (χ4n) is 2.87. The van der Waals surface area contributed by atoms with Gasteiger partial charge in [0.25, 0.3) is 0 Å². The van der Waals surface area contributed by atoms with Crippen molar-refractivity contribution in [3.8, 4) is 11.1 Å². The van der Waals surface area contributed by atoms with Gasteiger partial charge in [0, 0.05) is 10.0 Å². The second-order valence-corrected chi connectivity index (χ2v) is 8.04. The molecule has 0 amide bonds. The normalized spacial score (nSPS) is 12.6. The molecule has 3 rings (SSSR count). The van der Waals surface area contributed by atoms with Crippen molar-refractivity contribution < 1.29 is 57.5 Å². The molecule has 0 fully saturated rings. The number of carbonyl (C=O) groups is 1. The lowest BCUT2D eigenvalue weighted by Gasteiger charge is -2.16. The minimum absolute atomic E-state index is 0.0735. The van der Waals surface area contributed by atoms with Gasteiger partial charge in [-0.05, 0) is 41.5 Å². The van der Waals surface area contributed by atoms with Crippen molar-refractivity contribution in [2.24, 2.45) is 0 Å². The van der Waals surface area contributed by atoms with Gasteiger partial charge in [-0.1, -0.05) is 46.3 Å². The highest BCUT2D eigenvalue weighted by Gasteiger charge is 2.39. The van der Waals surface area contributed by atoms with Crippen LogP contribution in [0.25, 0.3) is 11.1 Å². The number of alkyl halides is 12. The van der Waals surface area contributed by atoms with Crippen LogP contribution in [0.15, 0.2) is 65.1 Å². The average molecular weight is 611 g/mol. The van der Waals surface area contributed by atoms with E-state index in [1.807, 2.05) is 0 Å². The van der Waals surface area contributed by atoms with Gasteiger partial charge in [-0.2, -0.15) is 52.7 Å². The molecule has 3 aromatic rings. The van der Waals surface area contributed by atoms with Gasteiger partial charge < -0.3 is 0 Å². The molecule has 0 radical (unpaired) electrons. The van der Waals surface area contributed by atoms with Crippen molar-refractivity contribution in [1.82, 2.24) is 0 Å². The van der Waals surface area contributed by atoms with E-state index >= 15 is 0 Å². The quantitative estimate of drug-likeness (QED) is 0.208. The molecule has 0 atom stereocenters. The molecule has 200 valence electrons. The fourth-order valence-corrected chi connectivity index (χ4v) is 3.34. The van der Waals surface area contributed by atoms with Crippen molar-refractivity contribution in [3.63, 3.8) is 0 Å². The summed E-state index contributed by atoms with van der Waals surface area (Å²) >= 11 is 2.55. The monoisotopic (exact) mass is 610 g/mol. The minimum Gasteiger partial charge on any atom is -0.298 e. The molecule has 0 saturated carbocycles. The van der Waals surface area contributed by atoms with E-state index in [4.69, 9.17) is 0 Å². The van der Waals surface area contributed by atoms with Crippen molar-refractivity contribution >= 4 is 22.2 Å². The molecule has 37 heavy (non-hydrogen) atoms. The Bertz CT molecular complexity index is 1240. The molecule has 0 aliphatic heterocycles. The highest BCUT2D eigenvalue weighted by Crippen LogP contribution is 2.41. The number of aldehydes is 1. The Balaban J connectivity index is 0.000000281. The zero-order valence-corrected chi connectivity index (χ0v) is 19.3. The molecule has 0 aromatic heterocycles. The Morgan fingerprint density at radius 3 is 1.38 bits per heavy atom. The van der Waals surface area contributed by atoms with Gasteiger partial charge in [0.05, 0.1) is 22.3 Å². The molecule has 0 bridgehead atoms. The van der Waals surface area contributed by atoms with Crippen molar-refractivity contribution in [2.75, 3.05) is 0 Å². The highest BCUT2D eigenvalue weighted by atomic mass is 79.9. The summed E-state index contributed by atoms with van der Waals surface area (Å²) in [6.45, 7) is 0. The maximum atomic E-state index is 13.0. The zero-order chi connectivity index (χ0) is 28.4. The van der Waals surface area contributed by atoms with E-state index in [1.54, 1.807) is 0 Å². The molecule has 0 aliphatic rings. The first-order valence-corrected chi connectivity index (χ1v) is 10.3. The van der Waals surface area contributed by atoms with Gasteiger partial charge in [0.1, 0.15) is 6.29 Å². The Labute approximate surface area is 208 Å². The van der Waals surface area contributed by atoms with E-state index in [0.29, 0.717) is 18.4 Å². The summed E-state index contributed by atoms with van der Waals surface area (Å²) in [5, 5.41) is 0. The van der Waals surface area contributed by atoms with Gasteiger partial charge in [-0.15, -0.1) is 0 Å². The van der Waals surface area contributed by atoms with Crippen molar-refractivity contribution in [2.45, 2.75) is 24.7 Å². The Kier molecular flexibility index (Phi) is 8.78. The maximum Gasteiger partial charge on any atom is 0.417 e. The lowest BCUT2D eigenvalue weighted by molar-refractivity contribution is -0.144. The number of halogens is 13. The molecule has 0 spiro atoms. The van der Waals surface area contributed by atoms with Gasteiger partial charge >= 0.3 is 24.7 Å². The number of benzene rings is 3. The number of rotatable bonds is 2. The summed E-state index contributed by atoms with van der Waals surface area (Å²) in [5.41, 5.74) is -5.45. The second-order valence-electron chi connectivity index (χ2n) is 7.19. The fraction of sp³-hybridized carbons (Fsp3) is 0.174. The zero-order valence-electron chi connectivity index (χ0n) is 17.7. The minimum atomic E-state index is -4.93. The lowest BCUT2D eigenvalue weighted by Crippen LogP contribution is -2.12. The van der Waals surface area contributed by atoms with E-state index in [-0.39, 0.29) is 28.8 Å². The topological polar surface area (TPSA) is 17.1 Å². The smallest absolute Gasteiger partial charge is 0.298 e. The summed E-state index contributed by atoms with van der Waals surface area (Å²) in [7, 11) is 0. The van der Waals surface area contributed by atoms with Gasteiger partial charge in [0.15, 0.2) is 0 Å². The Hall–Kier alpha value is -3.03. The van der Waals surface area contributed by atoms with Crippen LogP contribution in [-0.2, 0) is 24.7 Å². The summed E-state index contributed by atoms with van der Waals surface area (Å²) in [6.07, 6.45) is -18.9. The van der Waals surface area contributed by atoms with Crippen LogP contribution in [0.3, 0.4) is 0 Å². The van der Waals surface area contributed by atoms with Crippen LogP contribution in [0.1, 0.15) is 32.6 Å². The number of carbonyl (C=O) groups excluding carboxylic acids is 1. The average Bonchev–Trinajstić information content (AvgIpc) is 2.77. The molecule has 1 nitrogen and oxygen atoms in total. The van der Waals surface area contributed by atoms with Crippen LogP contribution >= 0.6 is 15.9 Å². The predicted octanol–water partition coefficient (Wildman–Crippen LogP) is 9.69. The summed E-state index contributed by atoms with van der Waals surface area (Å²) in [4.78, 5) is 10.5. The lowest BCUT2D eigenvalue weighted by atomic mass is 9.96. The molecule has 3 aromatic carbocycles. The van der Waals surface area contributed by atoms with Crippen LogP contribution in [0, 0.1) is 0 Å². The standard InChI is InChI=1S/C15H8F6O.C8H3BrF6/c16-14(17,18)11-5-6-12(13(7-11)15(19,20)21)10-3-1-9(8-22)2-4-10;9-6-2-1-4(7(10,11)12)3-5(6)8(13,14)15/h1-8H;1-3H.